The van der Waals surface area contributed by atoms with E-state index in [9.17, 15) is 9.59 Å². The van der Waals surface area contributed by atoms with Gasteiger partial charge in [-0.15, -0.1) is 0 Å². The van der Waals surface area contributed by atoms with Crippen LogP contribution in [0.25, 0.3) is 5.69 Å². The molecule has 0 saturated carbocycles. The minimum atomic E-state index is -0.0738. The number of carbonyl (C=O) groups is 2. The molecule has 1 saturated heterocycles. The Hall–Kier alpha value is -3.41. The molecule has 2 heterocycles. The van der Waals surface area contributed by atoms with Gasteiger partial charge in [0.25, 0.3) is 5.91 Å². The molecule has 172 valence electrons. The molecule has 2 amide bonds. The third-order valence-electron chi connectivity index (χ3n) is 6.68. The molecule has 3 aromatic rings. The molecule has 0 unspecified atom stereocenters. The summed E-state index contributed by atoms with van der Waals surface area (Å²) in [5.41, 5.74) is 4.62. The first kappa shape index (κ1) is 22.8. The van der Waals surface area contributed by atoms with Crippen molar-refractivity contribution in [2.45, 2.75) is 40.2 Å². The van der Waals surface area contributed by atoms with Crippen molar-refractivity contribution in [1.82, 2.24) is 20.0 Å². The Morgan fingerprint density at radius 3 is 2.36 bits per heavy atom. The molecule has 1 fully saturated rings. The van der Waals surface area contributed by atoms with Crippen LogP contribution < -0.4 is 5.32 Å². The Balaban J connectivity index is 1.31. The standard InChI is InChI=1S/C27H32N4O2/c1-19-9-11-22(12-10-19)17-28-26(32)20(2)23-13-15-30(16-14-23)27(33)25-18-31(29-21(25)3)24-7-5-4-6-8-24/h4-12,18,20,23H,13-17H2,1-3H3,(H,28,32)/t20-/m1/s1. The quantitative estimate of drug-likeness (QED) is 0.617. The zero-order chi connectivity index (χ0) is 23.4. The highest BCUT2D eigenvalue weighted by molar-refractivity contribution is 5.95. The molecular weight excluding hydrogens is 412 g/mol. The van der Waals surface area contributed by atoms with E-state index in [0.717, 1.165) is 29.8 Å². The lowest BCUT2D eigenvalue weighted by atomic mass is 9.84. The van der Waals surface area contributed by atoms with Gasteiger partial charge in [0.1, 0.15) is 0 Å². The fraction of sp³-hybridized carbons (Fsp3) is 0.370. The maximum absolute atomic E-state index is 13.2. The Morgan fingerprint density at radius 2 is 1.70 bits per heavy atom. The van der Waals surface area contributed by atoms with Gasteiger partial charge in [0.15, 0.2) is 0 Å². The summed E-state index contributed by atoms with van der Waals surface area (Å²) in [6, 6.07) is 18.0. The Labute approximate surface area is 195 Å². The molecule has 2 aromatic carbocycles. The Morgan fingerprint density at radius 1 is 1.03 bits per heavy atom. The summed E-state index contributed by atoms with van der Waals surface area (Å²) in [5.74, 6) is 0.306. The molecule has 0 spiro atoms. The van der Waals surface area contributed by atoms with Crippen LogP contribution in [-0.2, 0) is 11.3 Å². The number of hydrogen-bond donors (Lipinski definition) is 1. The number of benzene rings is 2. The second kappa shape index (κ2) is 10.0. The van der Waals surface area contributed by atoms with Gasteiger partial charge in [-0.3, -0.25) is 9.59 Å². The number of likely N-dealkylation sites (tertiary alicyclic amines) is 1. The number of aryl methyl sites for hydroxylation is 2. The highest BCUT2D eigenvalue weighted by atomic mass is 16.2. The second-order valence-electron chi connectivity index (χ2n) is 9.03. The molecule has 0 aliphatic carbocycles. The van der Waals surface area contributed by atoms with Crippen molar-refractivity contribution in [2.24, 2.45) is 11.8 Å². The molecule has 0 radical (unpaired) electrons. The maximum atomic E-state index is 13.2. The van der Waals surface area contributed by atoms with Crippen LogP contribution >= 0.6 is 0 Å². The largest absolute Gasteiger partial charge is 0.352 e. The number of piperidine rings is 1. The summed E-state index contributed by atoms with van der Waals surface area (Å²) in [6.07, 6.45) is 3.48. The summed E-state index contributed by atoms with van der Waals surface area (Å²) < 4.78 is 1.76. The summed E-state index contributed by atoms with van der Waals surface area (Å²) in [4.78, 5) is 27.7. The summed E-state index contributed by atoms with van der Waals surface area (Å²) in [6.45, 7) is 7.80. The van der Waals surface area contributed by atoms with Crippen LogP contribution in [0.5, 0.6) is 0 Å². The molecule has 0 bridgehead atoms. The number of carbonyl (C=O) groups excluding carboxylic acids is 2. The van der Waals surface area contributed by atoms with Gasteiger partial charge in [-0.05, 0) is 50.3 Å². The monoisotopic (exact) mass is 444 g/mol. The van der Waals surface area contributed by atoms with E-state index >= 15 is 0 Å². The number of para-hydroxylation sites is 1. The maximum Gasteiger partial charge on any atom is 0.257 e. The number of aromatic nitrogens is 2. The molecule has 1 N–H and O–H groups in total. The molecule has 6 heteroatoms. The first-order valence-electron chi connectivity index (χ1n) is 11.7. The van der Waals surface area contributed by atoms with Crippen LogP contribution in [-0.4, -0.2) is 39.6 Å². The average Bonchev–Trinajstić information content (AvgIpc) is 3.24. The van der Waals surface area contributed by atoms with E-state index in [1.807, 2.05) is 67.4 Å². The summed E-state index contributed by atoms with van der Waals surface area (Å²) >= 11 is 0. The number of amides is 2. The van der Waals surface area contributed by atoms with Crippen molar-refractivity contribution < 1.29 is 9.59 Å². The summed E-state index contributed by atoms with van der Waals surface area (Å²) in [5, 5.41) is 7.60. The molecular formula is C27H32N4O2. The van der Waals surface area contributed by atoms with Gasteiger partial charge in [0.05, 0.1) is 16.9 Å². The molecule has 1 atom stereocenters. The van der Waals surface area contributed by atoms with Gasteiger partial charge in [-0.2, -0.15) is 5.10 Å². The van der Waals surface area contributed by atoms with Crippen molar-refractivity contribution in [1.29, 1.82) is 0 Å². The van der Waals surface area contributed by atoms with Crippen molar-refractivity contribution >= 4 is 11.8 Å². The third-order valence-corrected chi connectivity index (χ3v) is 6.68. The molecule has 4 rings (SSSR count). The fourth-order valence-corrected chi connectivity index (χ4v) is 4.43. The Kier molecular flexibility index (Phi) is 6.92. The first-order chi connectivity index (χ1) is 15.9. The average molecular weight is 445 g/mol. The van der Waals surface area contributed by atoms with Gasteiger partial charge < -0.3 is 10.2 Å². The predicted octanol–water partition coefficient (Wildman–Crippen LogP) is 4.29. The van der Waals surface area contributed by atoms with E-state index in [4.69, 9.17) is 0 Å². The highest BCUT2D eigenvalue weighted by Crippen LogP contribution is 2.27. The molecule has 1 aromatic heterocycles. The highest BCUT2D eigenvalue weighted by Gasteiger charge is 2.31. The van der Waals surface area contributed by atoms with E-state index < -0.39 is 0 Å². The zero-order valence-electron chi connectivity index (χ0n) is 19.6. The molecule has 1 aliphatic heterocycles. The van der Waals surface area contributed by atoms with Crippen molar-refractivity contribution in [3.63, 3.8) is 0 Å². The van der Waals surface area contributed by atoms with Crippen LogP contribution in [0.1, 0.15) is 46.9 Å². The number of hydrogen-bond acceptors (Lipinski definition) is 3. The molecule has 6 nitrogen and oxygen atoms in total. The van der Waals surface area contributed by atoms with Gasteiger partial charge in [0.2, 0.25) is 5.91 Å². The lowest BCUT2D eigenvalue weighted by Gasteiger charge is -2.34. The lowest BCUT2D eigenvalue weighted by molar-refractivity contribution is -0.126. The van der Waals surface area contributed by atoms with Gasteiger partial charge in [-0.25, -0.2) is 4.68 Å². The molecule has 33 heavy (non-hydrogen) atoms. The lowest BCUT2D eigenvalue weighted by Crippen LogP contribution is -2.42. The van der Waals surface area contributed by atoms with Gasteiger partial charge >= 0.3 is 0 Å². The van der Waals surface area contributed by atoms with Crippen molar-refractivity contribution in [2.75, 3.05) is 13.1 Å². The predicted molar refractivity (Wildman–Crippen MR) is 129 cm³/mol. The number of nitrogens with zero attached hydrogens (tertiary/aromatic N) is 3. The second-order valence-corrected chi connectivity index (χ2v) is 9.03. The van der Waals surface area contributed by atoms with E-state index in [1.54, 1.807) is 4.68 Å². The minimum absolute atomic E-state index is 0.0182. The van der Waals surface area contributed by atoms with Crippen LogP contribution in [0.4, 0.5) is 0 Å². The van der Waals surface area contributed by atoms with Gasteiger partial charge in [0, 0.05) is 31.7 Å². The van der Waals surface area contributed by atoms with E-state index in [0.29, 0.717) is 25.2 Å². The third kappa shape index (κ3) is 5.33. The Bertz CT molecular complexity index is 1100. The minimum Gasteiger partial charge on any atom is -0.352 e. The van der Waals surface area contributed by atoms with Crippen molar-refractivity contribution in [3.05, 3.63) is 83.2 Å². The zero-order valence-corrected chi connectivity index (χ0v) is 19.6. The topological polar surface area (TPSA) is 67.2 Å². The smallest absolute Gasteiger partial charge is 0.257 e. The van der Waals surface area contributed by atoms with E-state index in [-0.39, 0.29) is 23.7 Å². The van der Waals surface area contributed by atoms with E-state index in [1.165, 1.54) is 5.56 Å². The fourth-order valence-electron chi connectivity index (χ4n) is 4.43. The number of nitrogens with one attached hydrogen (secondary N) is 1. The van der Waals surface area contributed by atoms with Crippen LogP contribution in [0.15, 0.2) is 60.8 Å². The van der Waals surface area contributed by atoms with Crippen LogP contribution in [0.2, 0.25) is 0 Å². The van der Waals surface area contributed by atoms with Gasteiger partial charge in [-0.1, -0.05) is 55.0 Å². The van der Waals surface area contributed by atoms with E-state index in [2.05, 4.69) is 29.5 Å². The SMILES string of the molecule is Cc1ccc(CNC(=O)[C@H](C)C2CCN(C(=O)c3cn(-c4ccccc4)nc3C)CC2)cc1. The normalized spacial score (nSPS) is 15.3. The van der Waals surface area contributed by atoms with Crippen LogP contribution in [0, 0.1) is 25.7 Å². The van der Waals surface area contributed by atoms with Crippen LogP contribution in [0.3, 0.4) is 0 Å². The summed E-state index contributed by atoms with van der Waals surface area (Å²) in [7, 11) is 0. The number of rotatable bonds is 6. The molecule has 1 aliphatic rings. The van der Waals surface area contributed by atoms with Crippen molar-refractivity contribution in [3.8, 4) is 5.69 Å². The first-order valence-corrected chi connectivity index (χ1v) is 11.7.